The van der Waals surface area contributed by atoms with Gasteiger partial charge in [-0.1, -0.05) is 0 Å². The molecule has 2 saturated heterocycles. The summed E-state index contributed by atoms with van der Waals surface area (Å²) in [6.07, 6.45) is 0. The average molecular weight is 320 g/mol. The zero-order valence-corrected chi connectivity index (χ0v) is 12.9. The topological polar surface area (TPSA) is 45.6 Å². The van der Waals surface area contributed by atoms with Crippen LogP contribution in [0.1, 0.15) is 5.69 Å². The first-order valence-electron chi connectivity index (χ1n) is 7.72. The van der Waals surface area contributed by atoms with Crippen LogP contribution in [0.25, 0.3) is 10.9 Å². The number of anilines is 1. The van der Waals surface area contributed by atoms with E-state index in [0.29, 0.717) is 37.4 Å². The quantitative estimate of drug-likeness (QED) is 0.922. The molecular weight excluding hydrogens is 302 g/mol. The summed E-state index contributed by atoms with van der Waals surface area (Å²) >= 11 is 0. The summed E-state index contributed by atoms with van der Waals surface area (Å²) in [6.45, 7) is 4.31. The van der Waals surface area contributed by atoms with Gasteiger partial charge in [-0.2, -0.15) is 0 Å². The number of ether oxygens (including phenoxy) is 1. The van der Waals surface area contributed by atoms with Crippen LogP contribution in [0.4, 0.5) is 14.5 Å². The molecule has 122 valence electrons. The zero-order chi connectivity index (χ0) is 16.2. The second-order valence-corrected chi connectivity index (χ2v) is 6.68. The average Bonchev–Trinajstić information content (AvgIpc) is 3.04. The molecule has 2 aliphatic heterocycles. The van der Waals surface area contributed by atoms with Crippen LogP contribution in [-0.4, -0.2) is 43.0 Å². The lowest BCUT2D eigenvalue weighted by atomic mass is 9.82. The third-order valence-corrected chi connectivity index (χ3v) is 5.11. The molecule has 0 radical (unpaired) electrons. The molecule has 4 nitrogen and oxygen atoms in total. The molecule has 2 aromatic rings. The first kappa shape index (κ1) is 14.8. The van der Waals surface area contributed by atoms with Crippen LogP contribution in [0.15, 0.2) is 18.2 Å². The van der Waals surface area contributed by atoms with Crippen LogP contribution >= 0.6 is 0 Å². The fraction of sp³-hybridized carbons (Fsp3) is 0.471. The number of benzene rings is 1. The van der Waals surface area contributed by atoms with Gasteiger partial charge in [0, 0.05) is 47.3 Å². The van der Waals surface area contributed by atoms with E-state index in [1.54, 1.807) is 6.92 Å². The van der Waals surface area contributed by atoms with Gasteiger partial charge >= 0.3 is 0 Å². The summed E-state index contributed by atoms with van der Waals surface area (Å²) < 4.78 is 33.3. The number of pyridine rings is 1. The third kappa shape index (κ3) is 2.20. The van der Waals surface area contributed by atoms with Crippen molar-refractivity contribution in [2.24, 2.45) is 11.3 Å². The van der Waals surface area contributed by atoms with Gasteiger partial charge in [0.15, 0.2) is 5.82 Å². The summed E-state index contributed by atoms with van der Waals surface area (Å²) in [5.41, 5.74) is 1.36. The smallest absolute Gasteiger partial charge is 0.152 e. The van der Waals surface area contributed by atoms with E-state index in [2.05, 4.69) is 9.88 Å². The van der Waals surface area contributed by atoms with E-state index in [0.717, 1.165) is 11.8 Å². The molecule has 2 fully saturated rings. The Balaban J connectivity index is 1.84. The Kier molecular flexibility index (Phi) is 3.28. The molecule has 0 unspecified atom stereocenters. The minimum absolute atomic E-state index is 0.0545. The Morgan fingerprint density at radius 3 is 2.96 bits per heavy atom. The van der Waals surface area contributed by atoms with Gasteiger partial charge in [0.05, 0.1) is 19.8 Å². The van der Waals surface area contributed by atoms with Crippen molar-refractivity contribution in [3.8, 4) is 0 Å². The number of hydrogen-bond acceptors (Lipinski definition) is 4. The van der Waals surface area contributed by atoms with Crippen molar-refractivity contribution in [3.63, 3.8) is 0 Å². The molecule has 6 heteroatoms. The third-order valence-electron chi connectivity index (χ3n) is 5.11. The minimum atomic E-state index is -0.649. The molecule has 0 bridgehead atoms. The van der Waals surface area contributed by atoms with E-state index >= 15 is 0 Å². The molecule has 1 aromatic carbocycles. The number of aromatic nitrogens is 1. The van der Waals surface area contributed by atoms with Crippen molar-refractivity contribution < 1.29 is 18.6 Å². The van der Waals surface area contributed by atoms with E-state index in [1.165, 1.54) is 6.07 Å². The van der Waals surface area contributed by atoms with E-state index in [4.69, 9.17) is 4.74 Å². The molecule has 3 heterocycles. The van der Waals surface area contributed by atoms with Gasteiger partial charge in [-0.3, -0.25) is 0 Å². The Labute approximate surface area is 132 Å². The zero-order valence-electron chi connectivity index (χ0n) is 12.9. The molecule has 1 aromatic heterocycles. The predicted molar refractivity (Wildman–Crippen MR) is 82.4 cm³/mol. The van der Waals surface area contributed by atoms with Crippen LogP contribution in [0.2, 0.25) is 0 Å². The highest BCUT2D eigenvalue weighted by atomic mass is 19.1. The van der Waals surface area contributed by atoms with Gasteiger partial charge in [0.1, 0.15) is 11.3 Å². The van der Waals surface area contributed by atoms with E-state index < -0.39 is 11.6 Å². The molecule has 23 heavy (non-hydrogen) atoms. The highest BCUT2D eigenvalue weighted by Crippen LogP contribution is 2.44. The van der Waals surface area contributed by atoms with Gasteiger partial charge in [-0.15, -0.1) is 0 Å². The molecule has 0 amide bonds. The lowest BCUT2D eigenvalue weighted by Gasteiger charge is -2.26. The van der Waals surface area contributed by atoms with E-state index in [1.807, 2.05) is 6.07 Å². The molecule has 2 atom stereocenters. The molecular formula is C17H18F2N2O2. The van der Waals surface area contributed by atoms with Crippen LogP contribution in [0.5, 0.6) is 0 Å². The fourth-order valence-corrected chi connectivity index (χ4v) is 3.86. The van der Waals surface area contributed by atoms with Crippen LogP contribution in [0, 0.1) is 29.9 Å². The number of aryl methyl sites for hydroxylation is 1. The SMILES string of the molecule is Cc1cc(N2C[C@H]3COC[C@@]3(CO)C2)c2cc(F)cc(F)c2n1. The Morgan fingerprint density at radius 1 is 1.39 bits per heavy atom. The van der Waals surface area contributed by atoms with Crippen molar-refractivity contribution >= 4 is 16.6 Å². The summed E-state index contributed by atoms with van der Waals surface area (Å²) in [5, 5.41) is 10.3. The Bertz CT molecular complexity index is 783. The molecule has 4 rings (SSSR count). The number of nitrogens with zero attached hydrogens (tertiary/aromatic N) is 2. The van der Waals surface area contributed by atoms with Gasteiger partial charge in [0.2, 0.25) is 0 Å². The molecule has 0 spiro atoms. The first-order valence-corrected chi connectivity index (χ1v) is 7.72. The highest BCUT2D eigenvalue weighted by molar-refractivity contribution is 5.92. The Hall–Kier alpha value is -1.79. The summed E-state index contributed by atoms with van der Waals surface area (Å²) in [5.74, 6) is -1.03. The number of halogens is 2. The van der Waals surface area contributed by atoms with Gasteiger partial charge in [0.25, 0.3) is 0 Å². The van der Waals surface area contributed by atoms with Crippen molar-refractivity contribution in [1.82, 2.24) is 4.98 Å². The number of aliphatic hydroxyl groups excluding tert-OH is 1. The first-order chi connectivity index (χ1) is 11.0. The van der Waals surface area contributed by atoms with Crippen LogP contribution in [0.3, 0.4) is 0 Å². The van der Waals surface area contributed by atoms with Crippen LogP contribution in [-0.2, 0) is 4.74 Å². The van der Waals surface area contributed by atoms with E-state index in [-0.39, 0.29) is 23.5 Å². The minimum Gasteiger partial charge on any atom is -0.396 e. The lowest BCUT2D eigenvalue weighted by molar-refractivity contribution is 0.0990. The standard InChI is InChI=1S/C17H18F2N2O2/c1-10-2-15(13-3-12(18)4-14(19)16(13)20-10)21-5-11-6-23-9-17(11,7-21)8-22/h2-4,11,22H,5-9H2,1H3/t11-,17-/m0/s1. The summed E-state index contributed by atoms with van der Waals surface area (Å²) in [4.78, 5) is 6.31. The van der Waals surface area contributed by atoms with Gasteiger partial charge in [-0.05, 0) is 19.1 Å². The number of aliphatic hydroxyl groups is 1. The summed E-state index contributed by atoms with van der Waals surface area (Å²) in [6, 6.07) is 4.05. The fourth-order valence-electron chi connectivity index (χ4n) is 3.86. The number of fused-ring (bicyclic) bond motifs is 2. The van der Waals surface area contributed by atoms with Crippen molar-refractivity contribution in [2.45, 2.75) is 6.92 Å². The lowest BCUT2D eigenvalue weighted by Crippen LogP contribution is -2.34. The van der Waals surface area contributed by atoms with Crippen molar-refractivity contribution in [3.05, 3.63) is 35.5 Å². The van der Waals surface area contributed by atoms with Crippen molar-refractivity contribution in [2.75, 3.05) is 37.8 Å². The number of rotatable bonds is 2. The second kappa shape index (κ2) is 5.11. The second-order valence-electron chi connectivity index (χ2n) is 6.68. The maximum absolute atomic E-state index is 14.1. The number of hydrogen-bond donors (Lipinski definition) is 1. The highest BCUT2D eigenvalue weighted by Gasteiger charge is 2.50. The maximum atomic E-state index is 14.1. The Morgan fingerprint density at radius 2 is 2.22 bits per heavy atom. The normalized spacial score (nSPS) is 27.0. The van der Waals surface area contributed by atoms with Crippen molar-refractivity contribution in [1.29, 1.82) is 0 Å². The van der Waals surface area contributed by atoms with Crippen LogP contribution < -0.4 is 4.90 Å². The monoisotopic (exact) mass is 320 g/mol. The maximum Gasteiger partial charge on any atom is 0.152 e. The molecule has 0 aliphatic carbocycles. The van der Waals surface area contributed by atoms with Gasteiger partial charge < -0.3 is 14.7 Å². The molecule has 2 aliphatic rings. The van der Waals surface area contributed by atoms with Gasteiger partial charge in [-0.25, -0.2) is 13.8 Å². The summed E-state index contributed by atoms with van der Waals surface area (Å²) in [7, 11) is 0. The van der Waals surface area contributed by atoms with E-state index in [9.17, 15) is 13.9 Å². The largest absolute Gasteiger partial charge is 0.396 e. The molecule has 1 N–H and O–H groups in total. The predicted octanol–water partition coefficient (Wildman–Crippen LogP) is 2.27. The molecule has 0 saturated carbocycles.